The van der Waals surface area contributed by atoms with Crippen LogP contribution in [0.3, 0.4) is 0 Å². The zero-order chi connectivity index (χ0) is 8.97. The molecule has 0 saturated carbocycles. The van der Waals surface area contributed by atoms with Crippen molar-refractivity contribution in [2.45, 2.75) is 19.8 Å². The molecule has 64 valence electrons. The van der Waals surface area contributed by atoms with Crippen LogP contribution in [0.15, 0.2) is 30.3 Å². The van der Waals surface area contributed by atoms with E-state index in [9.17, 15) is 4.79 Å². The minimum Gasteiger partial charge on any atom is -0.303 e. The zero-order valence-corrected chi connectivity index (χ0v) is 7.53. The second-order valence-electron chi connectivity index (χ2n) is 3.32. The molecule has 1 nitrogen and oxygen atoms in total. The van der Waals surface area contributed by atoms with Gasteiger partial charge in [0.15, 0.2) is 0 Å². The number of hydrogen-bond donors (Lipinski definition) is 0. The molecular weight excluding hydrogens is 148 g/mol. The maximum atomic E-state index is 10.7. The summed E-state index contributed by atoms with van der Waals surface area (Å²) in [5.74, 6) is 0.427. The summed E-state index contributed by atoms with van der Waals surface area (Å²) in [7, 11) is 0. The third-order valence-corrected chi connectivity index (χ3v) is 2.05. The summed E-state index contributed by atoms with van der Waals surface area (Å²) in [6.45, 7) is 4.12. The maximum absolute atomic E-state index is 10.7. The summed E-state index contributed by atoms with van der Waals surface area (Å²) in [4.78, 5) is 10.7. The highest BCUT2D eigenvalue weighted by molar-refractivity contribution is 5.62. The number of hydrogen-bond acceptors (Lipinski definition) is 1. The van der Waals surface area contributed by atoms with E-state index in [0.717, 1.165) is 11.8 Å². The summed E-state index contributed by atoms with van der Waals surface area (Å²) in [6.07, 6.45) is 1.03. The fourth-order valence-electron chi connectivity index (χ4n) is 1.30. The summed E-state index contributed by atoms with van der Waals surface area (Å²) in [6, 6.07) is 9.90. The lowest BCUT2D eigenvalue weighted by Crippen LogP contribution is -2.07. The van der Waals surface area contributed by atoms with Crippen molar-refractivity contribution in [3.8, 4) is 0 Å². The molecule has 0 aliphatic heterocycles. The van der Waals surface area contributed by atoms with Crippen molar-refractivity contribution in [3.05, 3.63) is 35.9 Å². The summed E-state index contributed by atoms with van der Waals surface area (Å²) in [5, 5.41) is 0. The molecule has 0 aromatic heterocycles. The third kappa shape index (κ3) is 1.94. The average molecular weight is 162 g/mol. The van der Waals surface area contributed by atoms with Crippen LogP contribution in [0, 0.1) is 5.92 Å². The van der Waals surface area contributed by atoms with Crippen molar-refractivity contribution in [1.29, 1.82) is 0 Å². The van der Waals surface area contributed by atoms with Crippen LogP contribution in [-0.4, -0.2) is 6.29 Å². The van der Waals surface area contributed by atoms with Gasteiger partial charge in [-0.2, -0.15) is 0 Å². The Hall–Kier alpha value is -1.11. The second-order valence-corrected chi connectivity index (χ2v) is 3.32. The van der Waals surface area contributed by atoms with E-state index < -0.39 is 0 Å². The Labute approximate surface area is 73.4 Å². The molecule has 0 spiro atoms. The molecule has 0 heterocycles. The van der Waals surface area contributed by atoms with Gasteiger partial charge >= 0.3 is 0 Å². The van der Waals surface area contributed by atoms with E-state index in [-0.39, 0.29) is 5.92 Å². The van der Waals surface area contributed by atoms with Gasteiger partial charge in [0, 0.05) is 5.92 Å². The molecule has 0 fully saturated rings. The van der Waals surface area contributed by atoms with Gasteiger partial charge in [0.25, 0.3) is 0 Å². The highest BCUT2D eigenvalue weighted by atomic mass is 16.1. The lowest BCUT2D eigenvalue weighted by atomic mass is 9.90. The number of aldehydes is 1. The molecule has 0 amide bonds. The van der Waals surface area contributed by atoms with Crippen molar-refractivity contribution in [3.63, 3.8) is 0 Å². The molecule has 0 saturated heterocycles. The summed E-state index contributed by atoms with van der Waals surface area (Å²) >= 11 is 0. The lowest BCUT2D eigenvalue weighted by molar-refractivity contribution is -0.109. The Morgan fingerprint density at radius 2 is 1.75 bits per heavy atom. The van der Waals surface area contributed by atoms with E-state index in [1.807, 2.05) is 30.3 Å². The molecule has 1 heteroatoms. The Balaban J connectivity index is 2.88. The highest BCUT2D eigenvalue weighted by Crippen LogP contribution is 2.21. The fourth-order valence-corrected chi connectivity index (χ4v) is 1.30. The summed E-state index contributed by atoms with van der Waals surface area (Å²) < 4.78 is 0. The van der Waals surface area contributed by atoms with Crippen LogP contribution in [0.25, 0.3) is 0 Å². The molecule has 1 aromatic rings. The molecule has 0 aliphatic carbocycles. The molecule has 0 N–H and O–H groups in total. The zero-order valence-electron chi connectivity index (χ0n) is 7.53. The minimum absolute atomic E-state index is 0.0474. The van der Waals surface area contributed by atoms with E-state index in [4.69, 9.17) is 0 Å². The van der Waals surface area contributed by atoms with Gasteiger partial charge in [0.2, 0.25) is 0 Å². The van der Waals surface area contributed by atoms with Gasteiger partial charge in [0.05, 0.1) is 0 Å². The molecule has 1 rings (SSSR count). The summed E-state index contributed by atoms with van der Waals surface area (Å²) in [5.41, 5.74) is 1.11. The predicted octanol–water partition coefficient (Wildman–Crippen LogP) is 2.63. The standard InChI is InChI=1S/C11H14O/c1-9(2)11(8-12)10-6-4-3-5-7-10/h3-9,11H,1-2H3. The first kappa shape index (κ1) is 8.98. The third-order valence-electron chi connectivity index (χ3n) is 2.05. The van der Waals surface area contributed by atoms with E-state index in [1.54, 1.807) is 0 Å². The molecule has 0 aliphatic rings. The minimum atomic E-state index is 0.0474. The van der Waals surface area contributed by atoms with Gasteiger partial charge in [-0.05, 0) is 11.5 Å². The van der Waals surface area contributed by atoms with Gasteiger partial charge in [-0.3, -0.25) is 0 Å². The predicted molar refractivity (Wildman–Crippen MR) is 50.1 cm³/mol. The lowest BCUT2D eigenvalue weighted by Gasteiger charge is -2.13. The number of benzene rings is 1. The van der Waals surface area contributed by atoms with Crippen molar-refractivity contribution in [2.24, 2.45) is 5.92 Å². The SMILES string of the molecule is CC(C)C(C=O)c1ccccc1. The first-order chi connectivity index (χ1) is 5.75. The van der Waals surface area contributed by atoms with Crippen LogP contribution in [0.5, 0.6) is 0 Å². The number of carbonyl (C=O) groups is 1. The second kappa shape index (κ2) is 4.05. The highest BCUT2D eigenvalue weighted by Gasteiger charge is 2.13. The molecule has 1 atom stereocenters. The Bertz CT molecular complexity index is 238. The van der Waals surface area contributed by atoms with Crippen LogP contribution in [0.2, 0.25) is 0 Å². The van der Waals surface area contributed by atoms with E-state index in [1.165, 1.54) is 0 Å². The monoisotopic (exact) mass is 162 g/mol. The van der Waals surface area contributed by atoms with Crippen molar-refractivity contribution < 1.29 is 4.79 Å². The van der Waals surface area contributed by atoms with Gasteiger partial charge in [-0.1, -0.05) is 44.2 Å². The van der Waals surface area contributed by atoms with Gasteiger partial charge in [0.1, 0.15) is 6.29 Å². The quantitative estimate of drug-likeness (QED) is 0.624. The smallest absolute Gasteiger partial charge is 0.127 e. The molecular formula is C11H14O. The van der Waals surface area contributed by atoms with Gasteiger partial charge in [-0.15, -0.1) is 0 Å². The Morgan fingerprint density at radius 1 is 1.17 bits per heavy atom. The topological polar surface area (TPSA) is 17.1 Å². The van der Waals surface area contributed by atoms with Gasteiger partial charge in [-0.25, -0.2) is 0 Å². The molecule has 1 aromatic carbocycles. The van der Waals surface area contributed by atoms with Crippen molar-refractivity contribution in [1.82, 2.24) is 0 Å². The van der Waals surface area contributed by atoms with E-state index in [0.29, 0.717) is 5.92 Å². The average Bonchev–Trinajstić information content (AvgIpc) is 2.07. The fraction of sp³-hybridized carbons (Fsp3) is 0.364. The van der Waals surface area contributed by atoms with Crippen LogP contribution < -0.4 is 0 Å². The normalized spacial score (nSPS) is 12.9. The van der Waals surface area contributed by atoms with Crippen molar-refractivity contribution >= 4 is 6.29 Å². The number of rotatable bonds is 3. The van der Waals surface area contributed by atoms with Gasteiger partial charge < -0.3 is 4.79 Å². The van der Waals surface area contributed by atoms with Crippen LogP contribution in [-0.2, 0) is 4.79 Å². The molecule has 12 heavy (non-hydrogen) atoms. The Morgan fingerprint density at radius 3 is 2.17 bits per heavy atom. The van der Waals surface area contributed by atoms with Crippen LogP contribution in [0.4, 0.5) is 0 Å². The first-order valence-electron chi connectivity index (χ1n) is 4.26. The molecule has 0 bridgehead atoms. The molecule has 1 unspecified atom stereocenters. The largest absolute Gasteiger partial charge is 0.303 e. The van der Waals surface area contributed by atoms with Crippen LogP contribution in [0.1, 0.15) is 25.3 Å². The van der Waals surface area contributed by atoms with Crippen LogP contribution >= 0.6 is 0 Å². The Kier molecular flexibility index (Phi) is 3.03. The van der Waals surface area contributed by atoms with E-state index in [2.05, 4.69) is 13.8 Å². The molecule has 0 radical (unpaired) electrons. The maximum Gasteiger partial charge on any atom is 0.127 e. The first-order valence-corrected chi connectivity index (χ1v) is 4.26. The van der Waals surface area contributed by atoms with Crippen molar-refractivity contribution in [2.75, 3.05) is 0 Å². The number of carbonyl (C=O) groups excluding carboxylic acids is 1. The van der Waals surface area contributed by atoms with E-state index >= 15 is 0 Å².